The van der Waals surface area contributed by atoms with Crippen LogP contribution in [0.4, 0.5) is 4.39 Å². The zero-order valence-corrected chi connectivity index (χ0v) is 19.6. The Kier molecular flexibility index (Phi) is 6.12. The number of pyridine rings is 2. The van der Waals surface area contributed by atoms with Gasteiger partial charge in [-0.1, -0.05) is 12.2 Å². The van der Waals surface area contributed by atoms with E-state index in [2.05, 4.69) is 33.1 Å². The van der Waals surface area contributed by atoms with E-state index < -0.39 is 23.7 Å². The minimum absolute atomic E-state index is 0.249. The fraction of sp³-hybridized carbons (Fsp3) is 0.148. The summed E-state index contributed by atoms with van der Waals surface area (Å²) >= 11 is 0. The molecule has 36 heavy (non-hydrogen) atoms. The van der Waals surface area contributed by atoms with Crippen molar-refractivity contribution in [2.45, 2.75) is 13.0 Å². The van der Waals surface area contributed by atoms with Gasteiger partial charge in [-0.2, -0.15) is 0 Å². The molecular weight excluding hydrogens is 459 g/mol. The Morgan fingerprint density at radius 1 is 1.17 bits per heavy atom. The fourth-order valence-corrected chi connectivity index (χ4v) is 4.36. The van der Waals surface area contributed by atoms with E-state index in [1.54, 1.807) is 43.9 Å². The Bertz CT molecular complexity index is 1590. The van der Waals surface area contributed by atoms with Gasteiger partial charge in [0.2, 0.25) is 0 Å². The van der Waals surface area contributed by atoms with Crippen molar-refractivity contribution in [2.24, 2.45) is 5.92 Å². The number of nitrogens with zero attached hydrogens (tertiary/aromatic N) is 5. The molecule has 2 atom stereocenters. The monoisotopic (exact) mass is 482 g/mol. The largest absolute Gasteiger partial charge is 0.465 e. The maximum absolute atomic E-state index is 13.9. The van der Waals surface area contributed by atoms with Crippen LogP contribution < -0.4 is 0 Å². The summed E-state index contributed by atoms with van der Waals surface area (Å²) in [7, 11) is 0. The van der Waals surface area contributed by atoms with Crippen molar-refractivity contribution >= 4 is 28.0 Å². The van der Waals surface area contributed by atoms with Gasteiger partial charge in [0.05, 0.1) is 24.8 Å². The standard InChI is InChI=1S/C27H23FN6O2/c1-4-18(27(35)36-6-3)23(5-2)34-15-22(16-7-9-29-10-8-16)21-14-32-25(33-26(21)34)20-13-31-24-19(20)11-17(28)12-30-24/h4-5,7-15,18,23H,1-2,6H2,3H3,(H,30,31)/t18-,23-/m1/s1. The molecule has 0 aliphatic heterocycles. The Balaban J connectivity index is 1.74. The highest BCUT2D eigenvalue weighted by Crippen LogP contribution is 2.36. The van der Waals surface area contributed by atoms with E-state index in [-0.39, 0.29) is 6.61 Å². The van der Waals surface area contributed by atoms with Gasteiger partial charge in [0.1, 0.15) is 17.1 Å². The molecule has 0 aromatic carbocycles. The van der Waals surface area contributed by atoms with E-state index in [0.717, 1.165) is 22.7 Å². The lowest BCUT2D eigenvalue weighted by Gasteiger charge is -2.22. The van der Waals surface area contributed by atoms with Crippen LogP contribution in [0.15, 0.2) is 80.7 Å². The number of hydrogen-bond acceptors (Lipinski definition) is 6. The molecule has 5 heterocycles. The zero-order valence-electron chi connectivity index (χ0n) is 19.6. The Morgan fingerprint density at radius 3 is 2.69 bits per heavy atom. The first kappa shape index (κ1) is 23.1. The van der Waals surface area contributed by atoms with Crippen molar-refractivity contribution in [1.29, 1.82) is 0 Å². The highest BCUT2D eigenvalue weighted by Gasteiger charge is 2.29. The lowest BCUT2D eigenvalue weighted by atomic mass is 10.00. The molecule has 0 unspecified atom stereocenters. The van der Waals surface area contributed by atoms with Crippen molar-refractivity contribution in [3.05, 3.63) is 86.5 Å². The number of rotatable bonds is 8. The van der Waals surface area contributed by atoms with Gasteiger partial charge >= 0.3 is 5.97 Å². The normalized spacial score (nSPS) is 12.9. The number of aromatic amines is 1. The smallest absolute Gasteiger partial charge is 0.315 e. The predicted octanol–water partition coefficient (Wildman–Crippen LogP) is 5.27. The van der Waals surface area contributed by atoms with Crippen LogP contribution in [-0.2, 0) is 9.53 Å². The third-order valence-electron chi connectivity index (χ3n) is 6.04. The van der Waals surface area contributed by atoms with E-state index >= 15 is 0 Å². The van der Waals surface area contributed by atoms with Crippen molar-refractivity contribution in [3.63, 3.8) is 0 Å². The number of allylic oxidation sites excluding steroid dienone is 1. The Morgan fingerprint density at radius 2 is 1.97 bits per heavy atom. The first-order valence-electron chi connectivity index (χ1n) is 11.4. The number of ether oxygens (including phenoxy) is 1. The van der Waals surface area contributed by atoms with Crippen molar-refractivity contribution in [1.82, 2.24) is 29.5 Å². The number of hydrogen-bond donors (Lipinski definition) is 1. The second kappa shape index (κ2) is 9.53. The molecule has 0 fully saturated rings. The van der Waals surface area contributed by atoms with Crippen LogP contribution in [0.3, 0.4) is 0 Å². The van der Waals surface area contributed by atoms with Gasteiger partial charge in [-0.05, 0) is 30.7 Å². The minimum Gasteiger partial charge on any atom is -0.465 e. The molecular formula is C27H23FN6O2. The van der Waals surface area contributed by atoms with Crippen LogP contribution in [0.1, 0.15) is 13.0 Å². The second-order valence-electron chi connectivity index (χ2n) is 8.11. The van der Waals surface area contributed by atoms with E-state index in [4.69, 9.17) is 9.72 Å². The third-order valence-corrected chi connectivity index (χ3v) is 6.04. The average molecular weight is 483 g/mol. The maximum atomic E-state index is 13.9. The summed E-state index contributed by atoms with van der Waals surface area (Å²) in [5.74, 6) is -1.16. The van der Waals surface area contributed by atoms with Crippen LogP contribution in [0.5, 0.6) is 0 Å². The van der Waals surface area contributed by atoms with Crippen LogP contribution in [-0.4, -0.2) is 42.1 Å². The highest BCUT2D eigenvalue weighted by atomic mass is 19.1. The molecule has 0 spiro atoms. The van der Waals surface area contributed by atoms with Crippen molar-refractivity contribution in [3.8, 4) is 22.5 Å². The van der Waals surface area contributed by atoms with Crippen LogP contribution in [0, 0.1) is 11.7 Å². The van der Waals surface area contributed by atoms with Gasteiger partial charge in [0.15, 0.2) is 5.82 Å². The minimum atomic E-state index is -0.687. The molecule has 0 saturated carbocycles. The van der Waals surface area contributed by atoms with Gasteiger partial charge in [-0.15, -0.1) is 13.2 Å². The zero-order chi connectivity index (χ0) is 25.2. The van der Waals surface area contributed by atoms with Crippen LogP contribution in [0.2, 0.25) is 0 Å². The Hall–Kier alpha value is -4.66. The molecule has 0 bridgehead atoms. The number of fused-ring (bicyclic) bond motifs is 2. The first-order chi connectivity index (χ1) is 17.5. The fourth-order valence-electron chi connectivity index (χ4n) is 4.36. The second-order valence-corrected chi connectivity index (χ2v) is 8.11. The van der Waals surface area contributed by atoms with Crippen molar-refractivity contribution < 1.29 is 13.9 Å². The molecule has 5 aromatic heterocycles. The van der Waals surface area contributed by atoms with Gasteiger partial charge in [0.25, 0.3) is 0 Å². The van der Waals surface area contributed by atoms with Gasteiger partial charge in [0, 0.05) is 52.9 Å². The van der Waals surface area contributed by atoms with Crippen LogP contribution in [0.25, 0.3) is 44.6 Å². The number of halogens is 1. The summed E-state index contributed by atoms with van der Waals surface area (Å²) in [6.45, 7) is 9.84. The molecule has 5 aromatic rings. The summed E-state index contributed by atoms with van der Waals surface area (Å²) in [4.78, 5) is 33.4. The number of esters is 1. The number of H-pyrrole nitrogens is 1. The van der Waals surface area contributed by atoms with E-state index in [1.165, 1.54) is 6.07 Å². The van der Waals surface area contributed by atoms with Gasteiger partial charge in [-0.25, -0.2) is 19.3 Å². The Labute approximate surface area is 206 Å². The summed E-state index contributed by atoms with van der Waals surface area (Å²) in [5, 5.41) is 1.34. The molecule has 0 aliphatic carbocycles. The summed E-state index contributed by atoms with van der Waals surface area (Å²) in [6.07, 6.45) is 13.1. The van der Waals surface area contributed by atoms with Crippen molar-refractivity contribution in [2.75, 3.05) is 6.61 Å². The van der Waals surface area contributed by atoms with Crippen LogP contribution >= 0.6 is 0 Å². The summed E-state index contributed by atoms with van der Waals surface area (Å²) in [5.41, 5.74) is 3.49. The average Bonchev–Trinajstić information content (AvgIpc) is 3.48. The van der Waals surface area contributed by atoms with E-state index in [9.17, 15) is 9.18 Å². The summed E-state index contributed by atoms with van der Waals surface area (Å²) < 4.78 is 21.1. The molecule has 0 aliphatic rings. The highest BCUT2D eigenvalue weighted by molar-refractivity contribution is 5.96. The topological polar surface area (TPSA) is 98.6 Å². The number of carbonyl (C=O) groups is 1. The molecule has 180 valence electrons. The van der Waals surface area contributed by atoms with E-state index in [1.807, 2.05) is 22.9 Å². The SMILES string of the molecule is C=C[C@H]([C@@H](C=C)C(=O)OCC)n1cc(-c2ccncc2)c2cnc(-c3c[nH]c4ncc(F)cc34)nc21. The summed E-state index contributed by atoms with van der Waals surface area (Å²) in [6, 6.07) is 4.65. The third kappa shape index (κ3) is 3.94. The number of carbonyl (C=O) groups excluding carboxylic acids is 1. The lowest BCUT2D eigenvalue weighted by molar-refractivity contribution is -0.147. The molecule has 8 nitrogen and oxygen atoms in total. The van der Waals surface area contributed by atoms with Gasteiger partial charge < -0.3 is 14.3 Å². The molecule has 1 N–H and O–H groups in total. The first-order valence-corrected chi connectivity index (χ1v) is 11.4. The van der Waals surface area contributed by atoms with Gasteiger partial charge in [-0.3, -0.25) is 9.78 Å². The number of nitrogens with one attached hydrogen (secondary N) is 1. The number of aromatic nitrogens is 6. The molecule has 9 heteroatoms. The molecule has 0 amide bonds. The quantitative estimate of drug-likeness (QED) is 0.239. The molecule has 0 saturated heterocycles. The van der Waals surface area contributed by atoms with E-state index in [0.29, 0.717) is 28.1 Å². The predicted molar refractivity (Wildman–Crippen MR) is 135 cm³/mol. The molecule has 5 rings (SSSR count). The maximum Gasteiger partial charge on any atom is 0.315 e. The lowest BCUT2D eigenvalue weighted by Crippen LogP contribution is -2.25. The molecule has 0 radical (unpaired) electrons.